The van der Waals surface area contributed by atoms with Crippen molar-refractivity contribution in [2.45, 2.75) is 10.8 Å². The van der Waals surface area contributed by atoms with E-state index < -0.39 is 10.8 Å². The molecule has 0 unspecified atom stereocenters. The lowest BCUT2D eigenvalue weighted by Gasteiger charge is -2.31. The lowest BCUT2D eigenvalue weighted by Crippen LogP contribution is -2.26. The fourth-order valence-electron chi connectivity index (χ4n) is 25.9. The van der Waals surface area contributed by atoms with Gasteiger partial charge in [-0.3, -0.25) is 0 Å². The van der Waals surface area contributed by atoms with Gasteiger partial charge < -0.3 is 8.98 Å². The van der Waals surface area contributed by atoms with Crippen LogP contribution in [0.4, 0.5) is 0 Å². The second kappa shape index (κ2) is 29.3. The molecule has 0 aliphatic heterocycles. The highest BCUT2D eigenvalue weighted by molar-refractivity contribution is 6.26. The number of para-hydroxylation sites is 3. The highest BCUT2D eigenvalue weighted by atomic mass is 16.3. The summed E-state index contributed by atoms with van der Waals surface area (Å²) in [7, 11) is 0. The average Bonchev–Trinajstić information content (AvgIpc) is 1.50. The summed E-state index contributed by atoms with van der Waals surface area (Å²) < 4.78 is 8.68. The van der Waals surface area contributed by atoms with E-state index in [-0.39, 0.29) is 0 Å². The van der Waals surface area contributed by atoms with Crippen molar-refractivity contribution in [3.8, 4) is 117 Å². The molecule has 4 aliphatic carbocycles. The lowest BCUT2D eigenvalue weighted by molar-refractivity contribution is 0.669. The van der Waals surface area contributed by atoms with Gasteiger partial charge in [0.05, 0.1) is 21.9 Å². The van der Waals surface area contributed by atoms with Crippen molar-refractivity contribution in [2.75, 3.05) is 0 Å². The standard InChI is InChI=1S/C71H43N.C65H38O/c1-2-23-49(24-3-1)72-66-36-17-14-28-53(66)60-41-48(37-38-67(60)72)69-57-32-10-8-30-55(57)68(56-31-9-11-33-58(56)69)47-22-18-21-46(39-47)59-43-65-70(54-29-7-6-25-50(54)59)61-40-44-19-4-5-20-45(44)42-64(61)71(65)62-34-15-12-26-51(62)52-27-13-16-35-63(52)71;1-2-17-40-37-58-55(35-39(40)16-1)64-48-24-4-3-20-44(48)53(38-59(64)65(58)56-29-12-9-21-45(56)46-22-10-13-30-57(46)65)41-18-15-19-42(34-41)62-49-25-5-7-27-51(49)63(52-28-8-6-26-50(52)62)43-32-33-61-54(36-43)47-23-11-14-31-60(47)66-61/h1-43H;1-38H. The van der Waals surface area contributed by atoms with E-state index in [1.165, 1.54) is 269 Å². The normalized spacial score (nSPS) is 13.2. The smallest absolute Gasteiger partial charge is 0.135 e. The van der Waals surface area contributed by atoms with E-state index in [0.29, 0.717) is 0 Å². The molecule has 138 heavy (non-hydrogen) atoms. The molecule has 2 spiro atoms. The van der Waals surface area contributed by atoms with Gasteiger partial charge in [0.1, 0.15) is 11.2 Å². The van der Waals surface area contributed by atoms with E-state index >= 15 is 0 Å². The SMILES string of the molecule is c1cc(-c2cc3c(c4ccccc24)-c2cc4ccccc4cc2C32c3ccccc3-c3ccccc32)cc(-c2c3ccccc3c(-c3ccc4oc5ccccc5c4c3)c3ccccc23)c1.c1ccc(-n2c3ccccc3c3cc(-c4c5ccccc5c(-c5cccc(-c6cc7c(c8ccccc68)-c6cc8ccccc8cc6C76c7ccccc7-c7ccccc76)c5)c5ccccc45)ccc32)cc1. The van der Waals surface area contributed by atoms with Crippen molar-refractivity contribution in [3.63, 3.8) is 0 Å². The number of hydrogen-bond acceptors (Lipinski definition) is 1. The van der Waals surface area contributed by atoms with Crippen molar-refractivity contribution < 1.29 is 4.42 Å². The first-order valence-corrected chi connectivity index (χ1v) is 48.2. The predicted molar refractivity (Wildman–Crippen MR) is 580 cm³/mol. The third-order valence-corrected chi connectivity index (χ3v) is 31.3. The molecule has 0 saturated heterocycles. The molecular weight excluding hydrogens is 1660 g/mol. The fraction of sp³-hybridized carbons (Fsp3) is 0.0147. The molecule has 2 aromatic heterocycles. The first-order chi connectivity index (χ1) is 68.5. The highest BCUT2D eigenvalue weighted by Crippen LogP contribution is 2.68. The Labute approximate surface area is 796 Å². The van der Waals surface area contributed by atoms with Crippen LogP contribution in [0.25, 0.3) is 247 Å². The maximum Gasteiger partial charge on any atom is 0.135 e. The van der Waals surface area contributed by atoms with Gasteiger partial charge in [-0.2, -0.15) is 0 Å². The monoisotopic (exact) mass is 1740 g/mol. The Morgan fingerprint density at radius 2 is 0.449 bits per heavy atom. The molecule has 636 valence electrons. The van der Waals surface area contributed by atoms with Crippen LogP contribution in [0, 0.1) is 0 Å². The molecule has 0 bridgehead atoms. The Kier molecular flexibility index (Phi) is 16.3. The third-order valence-electron chi connectivity index (χ3n) is 31.3. The molecule has 25 aromatic carbocycles. The summed E-state index contributed by atoms with van der Waals surface area (Å²) in [5.41, 5.74) is 40.6. The zero-order valence-electron chi connectivity index (χ0n) is 75.1. The Morgan fingerprint density at radius 1 is 0.145 bits per heavy atom. The molecule has 4 aliphatic rings. The molecule has 0 fully saturated rings. The van der Waals surface area contributed by atoms with Crippen LogP contribution in [0.5, 0.6) is 0 Å². The van der Waals surface area contributed by atoms with Crippen LogP contribution in [0.3, 0.4) is 0 Å². The Balaban J connectivity index is 0.000000131. The van der Waals surface area contributed by atoms with Crippen LogP contribution in [0.2, 0.25) is 0 Å². The molecule has 2 heterocycles. The Bertz CT molecular complexity index is 9800. The zero-order valence-corrected chi connectivity index (χ0v) is 75.1. The van der Waals surface area contributed by atoms with Gasteiger partial charge in [0.25, 0.3) is 0 Å². The van der Waals surface area contributed by atoms with E-state index in [0.717, 1.165) is 21.9 Å². The van der Waals surface area contributed by atoms with Crippen LogP contribution in [0.1, 0.15) is 44.5 Å². The molecular formula is C136H81NO. The molecule has 0 radical (unpaired) electrons. The topological polar surface area (TPSA) is 18.1 Å². The lowest BCUT2D eigenvalue weighted by atomic mass is 9.69. The van der Waals surface area contributed by atoms with Crippen LogP contribution in [-0.2, 0) is 10.8 Å². The van der Waals surface area contributed by atoms with Crippen LogP contribution >= 0.6 is 0 Å². The van der Waals surface area contributed by atoms with Gasteiger partial charge in [0.15, 0.2) is 0 Å². The summed E-state index contributed by atoms with van der Waals surface area (Å²) in [6.07, 6.45) is 0. The quantitative estimate of drug-likeness (QED) is 0.145. The van der Waals surface area contributed by atoms with Crippen LogP contribution in [-0.4, -0.2) is 4.57 Å². The minimum atomic E-state index is -0.486. The van der Waals surface area contributed by atoms with Crippen molar-refractivity contribution in [1.29, 1.82) is 0 Å². The van der Waals surface area contributed by atoms with E-state index in [2.05, 4.69) is 490 Å². The predicted octanol–water partition coefficient (Wildman–Crippen LogP) is 36.3. The molecule has 0 saturated carbocycles. The number of aromatic nitrogens is 1. The molecule has 0 N–H and O–H groups in total. The Morgan fingerprint density at radius 3 is 0.877 bits per heavy atom. The zero-order chi connectivity index (χ0) is 90.2. The number of hydrogen-bond donors (Lipinski definition) is 0. The van der Waals surface area contributed by atoms with E-state index in [1.807, 2.05) is 6.07 Å². The highest BCUT2D eigenvalue weighted by Gasteiger charge is 2.55. The second-order valence-electron chi connectivity index (χ2n) is 38.0. The van der Waals surface area contributed by atoms with E-state index in [9.17, 15) is 0 Å². The van der Waals surface area contributed by atoms with Gasteiger partial charge in [-0.25, -0.2) is 0 Å². The summed E-state index contributed by atoms with van der Waals surface area (Å²) in [6, 6.07) is 184. The van der Waals surface area contributed by atoms with Gasteiger partial charge in [0, 0.05) is 27.2 Å². The average molecular weight is 1750 g/mol. The minimum Gasteiger partial charge on any atom is -0.456 e. The molecule has 2 nitrogen and oxygen atoms in total. The fourth-order valence-corrected chi connectivity index (χ4v) is 25.9. The first-order valence-electron chi connectivity index (χ1n) is 48.2. The largest absolute Gasteiger partial charge is 0.456 e. The van der Waals surface area contributed by atoms with Gasteiger partial charge in [-0.15, -0.1) is 0 Å². The Hall–Kier alpha value is -17.8. The van der Waals surface area contributed by atoms with Crippen LogP contribution < -0.4 is 0 Å². The van der Waals surface area contributed by atoms with Crippen LogP contribution in [0.15, 0.2) is 496 Å². The number of rotatable bonds is 7. The van der Waals surface area contributed by atoms with Gasteiger partial charge in [-0.05, 0) is 339 Å². The molecule has 0 amide bonds. The number of benzene rings is 25. The summed E-state index contributed by atoms with van der Waals surface area (Å²) >= 11 is 0. The van der Waals surface area contributed by atoms with Crippen molar-refractivity contribution in [1.82, 2.24) is 4.57 Å². The molecule has 0 atom stereocenters. The minimum absolute atomic E-state index is 0.480. The maximum absolute atomic E-state index is 6.28. The maximum atomic E-state index is 6.28. The van der Waals surface area contributed by atoms with Crippen molar-refractivity contribution >= 4 is 130 Å². The van der Waals surface area contributed by atoms with E-state index in [4.69, 9.17) is 4.42 Å². The van der Waals surface area contributed by atoms with Crippen molar-refractivity contribution in [3.05, 3.63) is 536 Å². The van der Waals surface area contributed by atoms with E-state index in [1.54, 1.807) is 0 Å². The van der Waals surface area contributed by atoms with Gasteiger partial charge >= 0.3 is 0 Å². The summed E-state index contributed by atoms with van der Waals surface area (Å²) in [5.74, 6) is 0. The third kappa shape index (κ3) is 10.7. The molecule has 31 rings (SSSR count). The molecule has 27 aromatic rings. The number of nitrogens with zero attached hydrogens (tertiary/aromatic N) is 1. The summed E-state index contributed by atoms with van der Waals surface area (Å²) in [6.45, 7) is 0. The second-order valence-corrected chi connectivity index (χ2v) is 38.0. The number of fused-ring (bicyclic) bond motifs is 36. The number of furan rings is 1. The first kappa shape index (κ1) is 76.7. The molecule has 2 heteroatoms. The summed E-state index contributed by atoms with van der Waals surface area (Å²) in [5, 5.41) is 24.9. The van der Waals surface area contributed by atoms with Gasteiger partial charge in [0.2, 0.25) is 0 Å². The van der Waals surface area contributed by atoms with Crippen molar-refractivity contribution in [2.24, 2.45) is 0 Å². The summed E-state index contributed by atoms with van der Waals surface area (Å²) in [4.78, 5) is 0. The van der Waals surface area contributed by atoms with Gasteiger partial charge in [-0.1, -0.05) is 394 Å².